The number of benzene rings is 2. The fourth-order valence-corrected chi connectivity index (χ4v) is 6.32. The van der Waals surface area contributed by atoms with Crippen molar-refractivity contribution in [2.45, 2.75) is 22.6 Å². The molecule has 6 nitrogen and oxygen atoms in total. The molecule has 0 saturated carbocycles. The van der Waals surface area contributed by atoms with Crippen LogP contribution in [0.4, 0.5) is 5.69 Å². The van der Waals surface area contributed by atoms with E-state index in [-0.39, 0.29) is 10.8 Å². The summed E-state index contributed by atoms with van der Waals surface area (Å²) in [7, 11) is -3.68. The summed E-state index contributed by atoms with van der Waals surface area (Å²) in [5, 5.41) is 0.664. The van der Waals surface area contributed by atoms with E-state index in [4.69, 9.17) is 11.6 Å². The number of hydrogen-bond donors (Lipinski definition) is 0. The molecule has 0 unspecified atom stereocenters. The summed E-state index contributed by atoms with van der Waals surface area (Å²) < 4.78 is 28.2. The van der Waals surface area contributed by atoms with E-state index in [1.54, 1.807) is 18.2 Å². The van der Waals surface area contributed by atoms with E-state index in [2.05, 4.69) is 4.90 Å². The quantitative estimate of drug-likeness (QED) is 0.610. The van der Waals surface area contributed by atoms with Crippen LogP contribution in [0.15, 0.2) is 52.3 Å². The molecule has 0 spiro atoms. The lowest BCUT2D eigenvalue weighted by molar-refractivity contribution is 0.0789. The molecular formula is C22H26ClN3O3S2. The predicted molar refractivity (Wildman–Crippen MR) is 126 cm³/mol. The Morgan fingerprint density at radius 1 is 0.968 bits per heavy atom. The Bertz CT molecular complexity index is 1060. The number of anilines is 1. The van der Waals surface area contributed by atoms with Gasteiger partial charge in [0, 0.05) is 54.9 Å². The van der Waals surface area contributed by atoms with Gasteiger partial charge in [-0.15, -0.1) is 11.8 Å². The van der Waals surface area contributed by atoms with E-state index >= 15 is 0 Å². The first-order valence-electron chi connectivity index (χ1n) is 10.4. The van der Waals surface area contributed by atoms with E-state index in [1.807, 2.05) is 35.4 Å². The van der Waals surface area contributed by atoms with Crippen LogP contribution in [-0.2, 0) is 10.0 Å². The molecule has 0 atom stereocenters. The molecule has 166 valence electrons. The van der Waals surface area contributed by atoms with E-state index in [1.165, 1.54) is 16.1 Å². The van der Waals surface area contributed by atoms with Crippen LogP contribution in [0.1, 0.15) is 23.2 Å². The summed E-state index contributed by atoms with van der Waals surface area (Å²) >= 11 is 7.55. The zero-order chi connectivity index (χ0) is 22.0. The predicted octanol–water partition coefficient (Wildman–Crippen LogP) is 3.81. The molecule has 2 fully saturated rings. The van der Waals surface area contributed by atoms with E-state index in [0.29, 0.717) is 36.8 Å². The Morgan fingerprint density at radius 2 is 1.68 bits per heavy atom. The Kier molecular flexibility index (Phi) is 6.81. The van der Waals surface area contributed by atoms with Crippen LogP contribution in [0.25, 0.3) is 0 Å². The first kappa shape index (κ1) is 22.5. The van der Waals surface area contributed by atoms with Crippen LogP contribution >= 0.6 is 23.4 Å². The van der Waals surface area contributed by atoms with Crippen molar-refractivity contribution in [3.8, 4) is 0 Å². The van der Waals surface area contributed by atoms with E-state index in [0.717, 1.165) is 36.5 Å². The first-order chi connectivity index (χ1) is 14.9. The van der Waals surface area contributed by atoms with Crippen molar-refractivity contribution >= 4 is 45.0 Å². The third kappa shape index (κ3) is 4.72. The number of piperazine rings is 1. The van der Waals surface area contributed by atoms with Gasteiger partial charge in [0.25, 0.3) is 5.91 Å². The lowest BCUT2D eigenvalue weighted by atomic mass is 10.2. The first-order valence-corrected chi connectivity index (χ1v) is 13.4. The normalized spacial score (nSPS) is 17.9. The number of likely N-dealkylation sites (tertiary alicyclic amines) is 1. The number of carbonyl (C=O) groups is 1. The molecule has 4 rings (SSSR count). The molecule has 0 radical (unpaired) electrons. The monoisotopic (exact) mass is 479 g/mol. The van der Waals surface area contributed by atoms with E-state index in [9.17, 15) is 13.2 Å². The Labute approximate surface area is 193 Å². The summed E-state index contributed by atoms with van der Waals surface area (Å²) in [6.07, 6.45) is 3.89. The molecule has 0 aliphatic carbocycles. The number of carbonyl (C=O) groups excluding carboxylic acids is 1. The van der Waals surface area contributed by atoms with Gasteiger partial charge in [0.05, 0.1) is 10.5 Å². The minimum Gasteiger partial charge on any atom is -0.369 e. The van der Waals surface area contributed by atoms with Crippen molar-refractivity contribution in [2.75, 3.05) is 50.4 Å². The van der Waals surface area contributed by atoms with Gasteiger partial charge in [-0.25, -0.2) is 8.42 Å². The van der Waals surface area contributed by atoms with Gasteiger partial charge in [-0.3, -0.25) is 4.79 Å². The fourth-order valence-electron chi connectivity index (χ4n) is 4.11. The molecule has 2 heterocycles. The van der Waals surface area contributed by atoms with Crippen LogP contribution in [0.5, 0.6) is 0 Å². The minimum absolute atomic E-state index is 0.0790. The van der Waals surface area contributed by atoms with Crippen molar-refractivity contribution in [1.82, 2.24) is 9.21 Å². The molecule has 0 aromatic heterocycles. The molecule has 2 aliphatic rings. The second-order valence-electron chi connectivity index (χ2n) is 7.73. The highest BCUT2D eigenvalue weighted by atomic mass is 35.5. The summed E-state index contributed by atoms with van der Waals surface area (Å²) in [4.78, 5) is 17.9. The third-order valence-corrected chi connectivity index (χ3v) is 8.77. The minimum atomic E-state index is -3.68. The van der Waals surface area contributed by atoms with Crippen molar-refractivity contribution < 1.29 is 13.2 Å². The SMILES string of the molecule is CSc1ccc(S(=O)(=O)N2CCN(c3cccc(Cl)c3)CC2)cc1C(=O)N1CCCC1. The lowest BCUT2D eigenvalue weighted by Gasteiger charge is -2.35. The number of rotatable bonds is 5. The maximum atomic E-state index is 13.3. The standard InChI is InChI=1S/C22H26ClN3O3S2/c1-30-21-8-7-19(16-20(21)22(27)25-9-2-3-10-25)31(28,29)26-13-11-24(12-14-26)18-6-4-5-17(23)15-18/h4-8,15-16H,2-3,9-14H2,1H3. The highest BCUT2D eigenvalue weighted by molar-refractivity contribution is 7.98. The molecule has 2 aromatic rings. The van der Waals surface area contributed by atoms with Crippen LogP contribution in [0.2, 0.25) is 5.02 Å². The number of nitrogens with zero attached hydrogens (tertiary/aromatic N) is 3. The molecule has 0 N–H and O–H groups in total. The van der Waals surface area contributed by atoms with Gasteiger partial charge in [-0.1, -0.05) is 17.7 Å². The van der Waals surface area contributed by atoms with Crippen LogP contribution in [0.3, 0.4) is 0 Å². The van der Waals surface area contributed by atoms with Crippen LogP contribution in [-0.4, -0.2) is 69.1 Å². The molecule has 9 heteroatoms. The summed E-state index contributed by atoms with van der Waals surface area (Å²) in [5.74, 6) is -0.0790. The Morgan fingerprint density at radius 3 is 2.32 bits per heavy atom. The smallest absolute Gasteiger partial charge is 0.255 e. The van der Waals surface area contributed by atoms with Gasteiger partial charge < -0.3 is 9.80 Å². The molecule has 0 bridgehead atoms. The second kappa shape index (κ2) is 9.40. The molecule has 2 aliphatic heterocycles. The zero-order valence-corrected chi connectivity index (χ0v) is 19.8. The Balaban J connectivity index is 1.53. The number of hydrogen-bond acceptors (Lipinski definition) is 5. The van der Waals surface area contributed by atoms with Crippen molar-refractivity contribution in [2.24, 2.45) is 0 Å². The number of amides is 1. The summed E-state index contributed by atoms with van der Waals surface area (Å²) in [6.45, 7) is 3.40. The number of sulfonamides is 1. The van der Waals surface area contributed by atoms with Crippen molar-refractivity contribution in [1.29, 1.82) is 0 Å². The van der Waals surface area contributed by atoms with Gasteiger partial charge in [0.2, 0.25) is 10.0 Å². The van der Waals surface area contributed by atoms with E-state index < -0.39 is 10.0 Å². The largest absolute Gasteiger partial charge is 0.369 e. The van der Waals surface area contributed by atoms with Crippen LogP contribution < -0.4 is 4.90 Å². The third-order valence-electron chi connectivity index (χ3n) is 5.84. The fraction of sp³-hybridized carbons (Fsp3) is 0.409. The van der Waals surface area contributed by atoms with Crippen molar-refractivity contribution in [3.63, 3.8) is 0 Å². The van der Waals surface area contributed by atoms with Crippen molar-refractivity contribution in [3.05, 3.63) is 53.1 Å². The summed E-state index contributed by atoms with van der Waals surface area (Å²) in [6, 6.07) is 12.5. The lowest BCUT2D eigenvalue weighted by Crippen LogP contribution is -2.48. The molecule has 1 amide bonds. The maximum Gasteiger partial charge on any atom is 0.255 e. The second-order valence-corrected chi connectivity index (χ2v) is 11.0. The number of thioether (sulfide) groups is 1. The van der Waals surface area contributed by atoms with Gasteiger partial charge in [-0.05, 0) is 55.5 Å². The average Bonchev–Trinajstić information content (AvgIpc) is 3.33. The zero-order valence-electron chi connectivity index (χ0n) is 17.5. The highest BCUT2D eigenvalue weighted by Crippen LogP contribution is 2.29. The molecule has 31 heavy (non-hydrogen) atoms. The summed E-state index contributed by atoms with van der Waals surface area (Å²) in [5.41, 5.74) is 1.47. The van der Waals surface area contributed by atoms with Gasteiger partial charge in [0.1, 0.15) is 0 Å². The molecule has 2 aromatic carbocycles. The molecular weight excluding hydrogens is 454 g/mol. The Hall–Kier alpha value is -1.74. The topological polar surface area (TPSA) is 60.9 Å². The number of halogens is 1. The highest BCUT2D eigenvalue weighted by Gasteiger charge is 2.30. The maximum absolute atomic E-state index is 13.3. The van der Waals surface area contributed by atoms with Gasteiger partial charge in [-0.2, -0.15) is 4.31 Å². The average molecular weight is 480 g/mol. The van der Waals surface area contributed by atoms with Gasteiger partial charge in [0.15, 0.2) is 0 Å². The van der Waals surface area contributed by atoms with Crippen LogP contribution in [0, 0.1) is 0 Å². The van der Waals surface area contributed by atoms with Gasteiger partial charge >= 0.3 is 0 Å². The molecule has 2 saturated heterocycles.